The third kappa shape index (κ3) is 5.52. The quantitative estimate of drug-likeness (QED) is 0.519. The van der Waals surface area contributed by atoms with Crippen LogP contribution in [0.15, 0.2) is 96.2 Å². The molecule has 4 rings (SSSR count). The molecule has 34 heavy (non-hydrogen) atoms. The fraction of sp³-hybridized carbons (Fsp3) is 0.250. The molecule has 6 nitrogen and oxygen atoms in total. The summed E-state index contributed by atoms with van der Waals surface area (Å²) in [6.45, 7) is 2.95. The van der Waals surface area contributed by atoms with Crippen molar-refractivity contribution in [3.05, 3.63) is 108 Å². The second-order valence-electron chi connectivity index (χ2n) is 8.22. The molecule has 3 aromatic rings. The minimum Gasteiger partial charge on any atom is -0.396 e. The van der Waals surface area contributed by atoms with Gasteiger partial charge >= 0.3 is 0 Å². The molecular formula is C28H29N3O3. The van der Waals surface area contributed by atoms with E-state index < -0.39 is 12.0 Å². The SMILES string of the molecule is CCO/N=C1/CC(C(=O)NCc2ccccc2)N(C(=O)C(c2ccccc2)c2ccccc2)C1. The van der Waals surface area contributed by atoms with E-state index in [-0.39, 0.29) is 18.4 Å². The average molecular weight is 456 g/mol. The molecule has 6 heteroatoms. The Bertz CT molecular complexity index is 1080. The van der Waals surface area contributed by atoms with Crippen LogP contribution in [0.25, 0.3) is 0 Å². The molecule has 1 atom stereocenters. The summed E-state index contributed by atoms with van der Waals surface area (Å²) in [4.78, 5) is 34.1. The van der Waals surface area contributed by atoms with E-state index in [9.17, 15) is 9.59 Å². The molecule has 1 unspecified atom stereocenters. The highest BCUT2D eigenvalue weighted by Crippen LogP contribution is 2.30. The minimum absolute atomic E-state index is 0.126. The molecule has 0 radical (unpaired) electrons. The van der Waals surface area contributed by atoms with Crippen molar-refractivity contribution in [1.82, 2.24) is 10.2 Å². The first-order chi connectivity index (χ1) is 16.7. The lowest BCUT2D eigenvalue weighted by atomic mass is 9.90. The third-order valence-electron chi connectivity index (χ3n) is 5.89. The number of benzene rings is 3. The smallest absolute Gasteiger partial charge is 0.243 e. The van der Waals surface area contributed by atoms with E-state index in [0.717, 1.165) is 16.7 Å². The molecule has 1 aliphatic heterocycles. The number of carbonyl (C=O) groups excluding carboxylic acids is 2. The number of amides is 2. The fourth-order valence-corrected chi connectivity index (χ4v) is 4.23. The van der Waals surface area contributed by atoms with Crippen molar-refractivity contribution in [3.8, 4) is 0 Å². The maximum Gasteiger partial charge on any atom is 0.243 e. The van der Waals surface area contributed by atoms with Crippen molar-refractivity contribution in [2.45, 2.75) is 31.8 Å². The Morgan fingerprint density at radius 1 is 0.941 bits per heavy atom. The van der Waals surface area contributed by atoms with Crippen molar-refractivity contribution in [2.75, 3.05) is 13.2 Å². The van der Waals surface area contributed by atoms with Crippen LogP contribution in [0.3, 0.4) is 0 Å². The zero-order chi connectivity index (χ0) is 23.8. The van der Waals surface area contributed by atoms with Gasteiger partial charge < -0.3 is 15.1 Å². The number of hydrogen-bond acceptors (Lipinski definition) is 4. The third-order valence-corrected chi connectivity index (χ3v) is 5.89. The maximum atomic E-state index is 14.0. The van der Waals surface area contributed by atoms with E-state index in [1.54, 1.807) is 4.90 Å². The van der Waals surface area contributed by atoms with E-state index in [1.165, 1.54) is 0 Å². The van der Waals surface area contributed by atoms with Crippen molar-refractivity contribution in [1.29, 1.82) is 0 Å². The van der Waals surface area contributed by atoms with E-state index in [1.807, 2.05) is 97.9 Å². The molecule has 174 valence electrons. The molecule has 1 N–H and O–H groups in total. The van der Waals surface area contributed by atoms with Crippen LogP contribution in [-0.2, 0) is 21.0 Å². The summed E-state index contributed by atoms with van der Waals surface area (Å²) in [5, 5.41) is 7.17. The van der Waals surface area contributed by atoms with Crippen LogP contribution in [-0.4, -0.2) is 41.6 Å². The summed E-state index contributed by atoms with van der Waals surface area (Å²) < 4.78 is 0. The molecule has 0 spiro atoms. The zero-order valence-electron chi connectivity index (χ0n) is 19.3. The molecule has 0 aromatic heterocycles. The summed E-state index contributed by atoms with van der Waals surface area (Å²) in [7, 11) is 0. The Balaban J connectivity index is 1.61. The standard InChI is InChI=1S/C28H29N3O3/c1-2-34-30-24-18-25(27(32)29-19-21-12-6-3-7-13-21)31(20-24)28(33)26(22-14-8-4-9-15-22)23-16-10-5-11-17-23/h3-17,25-26H,2,18-20H2,1H3,(H,29,32)/b30-24-. The van der Waals surface area contributed by atoms with Crippen molar-refractivity contribution >= 4 is 17.5 Å². The Morgan fingerprint density at radius 2 is 1.50 bits per heavy atom. The lowest BCUT2D eigenvalue weighted by molar-refractivity contribution is -0.138. The number of nitrogens with one attached hydrogen (secondary N) is 1. The fourth-order valence-electron chi connectivity index (χ4n) is 4.23. The number of oxime groups is 1. The van der Waals surface area contributed by atoms with Gasteiger partial charge in [-0.25, -0.2) is 0 Å². The summed E-state index contributed by atoms with van der Waals surface area (Å²) in [6.07, 6.45) is 0.350. The van der Waals surface area contributed by atoms with Gasteiger partial charge in [-0.15, -0.1) is 0 Å². The summed E-state index contributed by atoms with van der Waals surface area (Å²) in [5.41, 5.74) is 3.46. The lowest BCUT2D eigenvalue weighted by Crippen LogP contribution is -2.47. The lowest BCUT2D eigenvalue weighted by Gasteiger charge is -2.28. The van der Waals surface area contributed by atoms with Crippen molar-refractivity contribution < 1.29 is 14.4 Å². The highest BCUT2D eigenvalue weighted by atomic mass is 16.6. The number of hydrogen-bond donors (Lipinski definition) is 1. The Labute approximate surface area is 200 Å². The molecule has 0 aliphatic carbocycles. The molecule has 3 aromatic carbocycles. The Kier molecular flexibility index (Phi) is 7.71. The highest BCUT2D eigenvalue weighted by Gasteiger charge is 2.41. The van der Waals surface area contributed by atoms with E-state index in [2.05, 4.69) is 10.5 Å². The van der Waals surface area contributed by atoms with Gasteiger partial charge in [0.25, 0.3) is 0 Å². The summed E-state index contributed by atoms with van der Waals surface area (Å²) in [6, 6.07) is 28.4. The summed E-state index contributed by atoms with van der Waals surface area (Å²) >= 11 is 0. The molecule has 0 bridgehead atoms. The van der Waals surface area contributed by atoms with Gasteiger partial charge in [-0.1, -0.05) is 96.2 Å². The molecule has 1 aliphatic rings. The average Bonchev–Trinajstić information content (AvgIpc) is 3.32. The topological polar surface area (TPSA) is 71.0 Å². The van der Waals surface area contributed by atoms with Crippen molar-refractivity contribution in [2.24, 2.45) is 5.16 Å². The van der Waals surface area contributed by atoms with Crippen LogP contribution in [0, 0.1) is 0 Å². The minimum atomic E-state index is -0.648. The van der Waals surface area contributed by atoms with Gasteiger partial charge in [-0.2, -0.15) is 0 Å². The number of carbonyl (C=O) groups is 2. The number of likely N-dealkylation sites (tertiary alicyclic amines) is 1. The van der Waals surface area contributed by atoms with Gasteiger partial charge in [0.2, 0.25) is 11.8 Å². The molecule has 1 saturated heterocycles. The molecule has 1 heterocycles. The van der Waals surface area contributed by atoms with Crippen LogP contribution < -0.4 is 5.32 Å². The summed E-state index contributed by atoms with van der Waals surface area (Å²) in [5.74, 6) is -0.837. The first kappa shape index (κ1) is 23.2. The molecule has 2 amide bonds. The predicted molar refractivity (Wildman–Crippen MR) is 132 cm³/mol. The first-order valence-electron chi connectivity index (χ1n) is 11.6. The maximum absolute atomic E-state index is 14.0. The van der Waals surface area contributed by atoms with E-state index in [0.29, 0.717) is 25.3 Å². The highest BCUT2D eigenvalue weighted by molar-refractivity contribution is 6.02. The van der Waals surface area contributed by atoms with E-state index >= 15 is 0 Å². The van der Waals surface area contributed by atoms with Crippen LogP contribution in [0.2, 0.25) is 0 Å². The normalized spacial score (nSPS) is 16.6. The van der Waals surface area contributed by atoms with Crippen LogP contribution >= 0.6 is 0 Å². The predicted octanol–water partition coefficient (Wildman–Crippen LogP) is 4.13. The molecule has 0 saturated carbocycles. The van der Waals surface area contributed by atoms with Gasteiger partial charge in [0.15, 0.2) is 0 Å². The van der Waals surface area contributed by atoms with Crippen molar-refractivity contribution in [3.63, 3.8) is 0 Å². The first-order valence-corrected chi connectivity index (χ1v) is 11.6. The van der Waals surface area contributed by atoms with Gasteiger partial charge in [0, 0.05) is 13.0 Å². The Morgan fingerprint density at radius 3 is 2.06 bits per heavy atom. The van der Waals surface area contributed by atoms with Crippen LogP contribution in [0.5, 0.6) is 0 Å². The van der Waals surface area contributed by atoms with Crippen LogP contribution in [0.4, 0.5) is 0 Å². The second-order valence-corrected chi connectivity index (χ2v) is 8.22. The second kappa shape index (κ2) is 11.3. The number of rotatable bonds is 8. The Hall–Kier alpha value is -3.93. The van der Waals surface area contributed by atoms with Gasteiger partial charge in [0.05, 0.1) is 18.2 Å². The van der Waals surface area contributed by atoms with Gasteiger partial charge in [-0.05, 0) is 23.6 Å². The zero-order valence-corrected chi connectivity index (χ0v) is 19.3. The monoisotopic (exact) mass is 455 g/mol. The largest absolute Gasteiger partial charge is 0.396 e. The number of nitrogens with zero attached hydrogens (tertiary/aromatic N) is 2. The molecular weight excluding hydrogens is 426 g/mol. The van der Waals surface area contributed by atoms with Crippen LogP contribution in [0.1, 0.15) is 36.0 Å². The van der Waals surface area contributed by atoms with E-state index in [4.69, 9.17) is 4.84 Å². The van der Waals surface area contributed by atoms with Gasteiger partial charge in [0.1, 0.15) is 12.6 Å². The van der Waals surface area contributed by atoms with Gasteiger partial charge in [-0.3, -0.25) is 9.59 Å². The molecule has 1 fully saturated rings.